The molecule has 0 N–H and O–H groups in total. The molecule has 0 atom stereocenters. The highest BCUT2D eigenvalue weighted by atomic mass is 79.9. The Kier molecular flexibility index (Phi) is 2.98. The van der Waals surface area contributed by atoms with E-state index in [9.17, 15) is 0 Å². The van der Waals surface area contributed by atoms with Crippen LogP contribution in [0.5, 0.6) is 0 Å². The molecular weight excluding hydrogens is 318 g/mol. The lowest BCUT2D eigenvalue weighted by atomic mass is 9.95. The van der Waals surface area contributed by atoms with E-state index in [4.69, 9.17) is 0 Å². The summed E-state index contributed by atoms with van der Waals surface area (Å²) in [5, 5.41) is 4.36. The van der Waals surface area contributed by atoms with Crippen molar-refractivity contribution in [1.29, 1.82) is 0 Å². The zero-order chi connectivity index (χ0) is 13.5. The Balaban J connectivity index is 1.53. The first-order valence-corrected chi connectivity index (χ1v) is 7.88. The Bertz CT molecular complexity index is 632. The summed E-state index contributed by atoms with van der Waals surface area (Å²) in [5.74, 6) is 1.15. The molecular formula is C14H16BrN5. The van der Waals surface area contributed by atoms with Gasteiger partial charge in [-0.15, -0.1) is 0 Å². The molecule has 2 aliphatic rings. The third kappa shape index (κ3) is 2.02. The van der Waals surface area contributed by atoms with Crippen molar-refractivity contribution in [3.05, 3.63) is 34.5 Å². The van der Waals surface area contributed by atoms with Crippen molar-refractivity contribution >= 4 is 21.7 Å². The molecule has 1 saturated heterocycles. The second kappa shape index (κ2) is 4.84. The van der Waals surface area contributed by atoms with Crippen LogP contribution in [0.25, 0.3) is 0 Å². The van der Waals surface area contributed by atoms with Crippen LogP contribution >= 0.6 is 15.9 Å². The first kappa shape index (κ1) is 12.3. The van der Waals surface area contributed by atoms with Gasteiger partial charge in [0.05, 0.1) is 16.7 Å². The number of rotatable bonds is 2. The lowest BCUT2D eigenvalue weighted by Crippen LogP contribution is -2.49. The van der Waals surface area contributed by atoms with Crippen LogP contribution in [0, 0.1) is 0 Å². The smallest absolute Gasteiger partial charge is 0.135 e. The van der Waals surface area contributed by atoms with Gasteiger partial charge in [0.2, 0.25) is 0 Å². The molecule has 0 unspecified atom stereocenters. The molecule has 3 heterocycles. The zero-order valence-electron chi connectivity index (χ0n) is 11.2. The van der Waals surface area contributed by atoms with Gasteiger partial charge in [0.1, 0.15) is 12.1 Å². The number of anilines is 1. The maximum Gasteiger partial charge on any atom is 0.135 e. The van der Waals surface area contributed by atoms with E-state index in [-0.39, 0.29) is 0 Å². The number of halogens is 1. The molecule has 0 spiro atoms. The Morgan fingerprint density at radius 1 is 1.15 bits per heavy atom. The van der Waals surface area contributed by atoms with E-state index in [1.54, 1.807) is 6.33 Å². The molecule has 2 aromatic rings. The summed E-state index contributed by atoms with van der Waals surface area (Å²) < 4.78 is 3.07. The Labute approximate surface area is 126 Å². The van der Waals surface area contributed by atoms with Gasteiger partial charge in [0, 0.05) is 30.5 Å². The van der Waals surface area contributed by atoms with Crippen molar-refractivity contribution in [2.75, 3.05) is 18.0 Å². The molecule has 20 heavy (non-hydrogen) atoms. The Morgan fingerprint density at radius 3 is 2.80 bits per heavy atom. The number of nitrogens with zero attached hydrogens (tertiary/aromatic N) is 5. The second-order valence-corrected chi connectivity index (χ2v) is 6.44. The summed E-state index contributed by atoms with van der Waals surface area (Å²) in [6, 6.07) is 0.454. The molecule has 0 amide bonds. The highest BCUT2D eigenvalue weighted by Crippen LogP contribution is 2.32. The van der Waals surface area contributed by atoms with E-state index < -0.39 is 0 Å². The van der Waals surface area contributed by atoms with Gasteiger partial charge in [0.25, 0.3) is 0 Å². The van der Waals surface area contributed by atoms with Crippen LogP contribution in [-0.2, 0) is 12.8 Å². The molecule has 1 aliphatic heterocycles. The minimum Gasteiger partial charge on any atom is -0.352 e. The molecule has 0 bridgehead atoms. The number of aromatic nitrogens is 4. The van der Waals surface area contributed by atoms with Gasteiger partial charge in [-0.2, -0.15) is 5.10 Å². The quantitative estimate of drug-likeness (QED) is 0.846. The molecule has 1 aliphatic carbocycles. The molecule has 6 heteroatoms. The Hall–Kier alpha value is -1.43. The first-order chi connectivity index (χ1) is 9.81. The maximum absolute atomic E-state index is 4.52. The van der Waals surface area contributed by atoms with Crippen molar-refractivity contribution in [2.24, 2.45) is 0 Å². The highest BCUT2D eigenvalue weighted by molar-refractivity contribution is 9.10. The Morgan fingerprint density at radius 2 is 2.00 bits per heavy atom. The predicted octanol–water partition coefficient (Wildman–Crippen LogP) is 2.38. The van der Waals surface area contributed by atoms with Crippen molar-refractivity contribution < 1.29 is 0 Å². The number of aryl methyl sites for hydroxylation is 1. The number of fused-ring (bicyclic) bond motifs is 1. The van der Waals surface area contributed by atoms with Crippen molar-refractivity contribution in [3.63, 3.8) is 0 Å². The van der Waals surface area contributed by atoms with Gasteiger partial charge < -0.3 is 4.90 Å². The van der Waals surface area contributed by atoms with Crippen LogP contribution in [0.3, 0.4) is 0 Å². The summed E-state index contributed by atoms with van der Waals surface area (Å²) in [7, 11) is 0. The molecule has 104 valence electrons. The van der Waals surface area contributed by atoms with Gasteiger partial charge in [-0.25, -0.2) is 9.97 Å². The van der Waals surface area contributed by atoms with Gasteiger partial charge >= 0.3 is 0 Å². The van der Waals surface area contributed by atoms with E-state index in [0.717, 1.165) is 36.2 Å². The third-order valence-electron chi connectivity index (χ3n) is 4.21. The fraction of sp³-hybridized carbons (Fsp3) is 0.500. The van der Waals surface area contributed by atoms with Crippen LogP contribution < -0.4 is 4.90 Å². The standard InChI is InChI=1S/C14H16BrN5/c15-10-5-18-20(6-10)11-7-19(8-11)14-12-3-1-2-4-13(12)16-9-17-14/h5-6,9,11H,1-4,7-8H2. The van der Waals surface area contributed by atoms with E-state index in [1.807, 2.05) is 17.1 Å². The first-order valence-electron chi connectivity index (χ1n) is 7.08. The van der Waals surface area contributed by atoms with Crippen molar-refractivity contribution in [2.45, 2.75) is 31.7 Å². The lowest BCUT2D eigenvalue weighted by molar-refractivity contribution is 0.364. The summed E-state index contributed by atoms with van der Waals surface area (Å²) >= 11 is 3.45. The van der Waals surface area contributed by atoms with Crippen LogP contribution in [-0.4, -0.2) is 32.8 Å². The number of hydrogen-bond acceptors (Lipinski definition) is 4. The van der Waals surface area contributed by atoms with Crippen LogP contribution in [0.4, 0.5) is 5.82 Å². The normalized spacial score (nSPS) is 18.8. The highest BCUT2D eigenvalue weighted by Gasteiger charge is 2.32. The molecule has 2 aromatic heterocycles. The van der Waals surface area contributed by atoms with Gasteiger partial charge in [0.15, 0.2) is 0 Å². The van der Waals surface area contributed by atoms with E-state index in [1.165, 1.54) is 24.1 Å². The van der Waals surface area contributed by atoms with Gasteiger partial charge in [-0.1, -0.05) is 0 Å². The molecule has 1 fully saturated rings. The summed E-state index contributed by atoms with van der Waals surface area (Å²) in [6.45, 7) is 1.97. The molecule has 0 saturated carbocycles. The summed E-state index contributed by atoms with van der Waals surface area (Å²) in [4.78, 5) is 11.3. The molecule has 4 rings (SSSR count). The average Bonchev–Trinajstić information content (AvgIpc) is 2.84. The van der Waals surface area contributed by atoms with Crippen molar-refractivity contribution in [1.82, 2.24) is 19.7 Å². The molecule has 0 aromatic carbocycles. The van der Waals surface area contributed by atoms with Crippen molar-refractivity contribution in [3.8, 4) is 0 Å². The SMILES string of the molecule is Brc1cnn(C2CN(c3ncnc4c3CCCC4)C2)c1. The summed E-state index contributed by atoms with van der Waals surface area (Å²) in [5.41, 5.74) is 2.63. The lowest BCUT2D eigenvalue weighted by Gasteiger charge is -2.41. The van der Waals surface area contributed by atoms with E-state index in [0.29, 0.717) is 6.04 Å². The largest absolute Gasteiger partial charge is 0.352 e. The molecule has 0 radical (unpaired) electrons. The monoisotopic (exact) mass is 333 g/mol. The predicted molar refractivity (Wildman–Crippen MR) is 79.9 cm³/mol. The zero-order valence-corrected chi connectivity index (χ0v) is 12.8. The molecule has 5 nitrogen and oxygen atoms in total. The fourth-order valence-electron chi connectivity index (χ4n) is 3.09. The van der Waals surface area contributed by atoms with Crippen LogP contribution in [0.2, 0.25) is 0 Å². The second-order valence-electron chi connectivity index (χ2n) is 5.53. The maximum atomic E-state index is 4.52. The van der Waals surface area contributed by atoms with Crippen LogP contribution in [0.15, 0.2) is 23.2 Å². The minimum absolute atomic E-state index is 0.454. The number of hydrogen-bond donors (Lipinski definition) is 0. The topological polar surface area (TPSA) is 46.8 Å². The summed E-state index contributed by atoms with van der Waals surface area (Å²) in [6.07, 6.45) is 10.3. The van der Waals surface area contributed by atoms with E-state index in [2.05, 4.69) is 35.9 Å². The third-order valence-corrected chi connectivity index (χ3v) is 4.62. The van der Waals surface area contributed by atoms with Gasteiger partial charge in [-0.05, 0) is 41.6 Å². The van der Waals surface area contributed by atoms with Gasteiger partial charge in [-0.3, -0.25) is 4.68 Å². The van der Waals surface area contributed by atoms with E-state index >= 15 is 0 Å². The fourth-order valence-corrected chi connectivity index (χ4v) is 3.39. The van der Waals surface area contributed by atoms with Crippen LogP contribution in [0.1, 0.15) is 30.1 Å². The minimum atomic E-state index is 0.454. The average molecular weight is 334 g/mol.